The van der Waals surface area contributed by atoms with Crippen LogP contribution in [0.4, 0.5) is 0 Å². The van der Waals surface area contributed by atoms with E-state index in [-0.39, 0.29) is 0 Å². The smallest absolute Gasteiger partial charge is 0.0260 e. The molecular formula is C11H14. The summed E-state index contributed by atoms with van der Waals surface area (Å²) in [6.45, 7) is 4.25. The van der Waals surface area contributed by atoms with Crippen molar-refractivity contribution in [3.63, 3.8) is 0 Å². The Morgan fingerprint density at radius 1 is 1.18 bits per heavy atom. The van der Waals surface area contributed by atoms with Gasteiger partial charge in [-0.3, -0.25) is 0 Å². The van der Waals surface area contributed by atoms with E-state index >= 15 is 0 Å². The summed E-state index contributed by atoms with van der Waals surface area (Å²) in [7, 11) is 0. The molecule has 0 nitrogen and oxygen atoms in total. The van der Waals surface area contributed by atoms with Crippen molar-refractivity contribution in [2.24, 2.45) is 0 Å². The van der Waals surface area contributed by atoms with Crippen LogP contribution in [0, 0.1) is 6.92 Å². The molecule has 0 fully saturated rings. The van der Waals surface area contributed by atoms with E-state index in [1.165, 1.54) is 11.1 Å². The summed E-state index contributed by atoms with van der Waals surface area (Å²) in [5.41, 5.74) is 2.61. The lowest BCUT2D eigenvalue weighted by molar-refractivity contribution is 1.23. The van der Waals surface area contributed by atoms with Crippen LogP contribution in [0.25, 0.3) is 6.08 Å². The molecule has 58 valence electrons. The molecule has 1 aromatic carbocycles. The van der Waals surface area contributed by atoms with Gasteiger partial charge in [-0.2, -0.15) is 0 Å². The molecule has 0 aliphatic carbocycles. The number of rotatable bonds is 2. The molecule has 0 unspecified atom stereocenters. The summed E-state index contributed by atoms with van der Waals surface area (Å²) in [5.74, 6) is 0. The van der Waals surface area contributed by atoms with Crippen molar-refractivity contribution >= 4 is 6.08 Å². The minimum Gasteiger partial charge on any atom is -0.0842 e. The zero-order chi connectivity index (χ0) is 8.10. The summed E-state index contributed by atoms with van der Waals surface area (Å²) in [4.78, 5) is 0. The number of hydrogen-bond acceptors (Lipinski definition) is 0. The van der Waals surface area contributed by atoms with E-state index in [2.05, 4.69) is 50.3 Å². The molecule has 0 N–H and O–H groups in total. The highest BCUT2D eigenvalue weighted by Gasteiger charge is 1.84. The molecule has 0 aliphatic rings. The second-order valence-corrected chi connectivity index (χ2v) is 2.72. The predicted octanol–water partition coefficient (Wildman–Crippen LogP) is 3.42. The summed E-state index contributed by atoms with van der Waals surface area (Å²) in [5, 5.41) is 0. The lowest BCUT2D eigenvalue weighted by Crippen LogP contribution is -1.72. The molecular weight excluding hydrogens is 132 g/mol. The molecule has 1 aromatic rings. The molecule has 0 aliphatic heterocycles. The zero-order valence-electron chi connectivity index (χ0n) is 7.17. The van der Waals surface area contributed by atoms with Crippen LogP contribution in [0.15, 0.2) is 30.3 Å². The van der Waals surface area contributed by atoms with Crippen LogP contribution in [0.3, 0.4) is 0 Å². The van der Waals surface area contributed by atoms with E-state index in [4.69, 9.17) is 0 Å². The minimum absolute atomic E-state index is 1.11. The summed E-state index contributed by atoms with van der Waals surface area (Å²) >= 11 is 0. The maximum absolute atomic E-state index is 2.17. The third kappa shape index (κ3) is 2.58. The molecule has 0 heterocycles. The average molecular weight is 146 g/mol. The summed E-state index contributed by atoms with van der Waals surface area (Å²) in [6.07, 6.45) is 5.43. The van der Waals surface area contributed by atoms with Crippen LogP contribution < -0.4 is 0 Å². The van der Waals surface area contributed by atoms with E-state index in [1.54, 1.807) is 0 Å². The molecule has 0 bridgehead atoms. The lowest BCUT2D eigenvalue weighted by atomic mass is 10.1. The number of hydrogen-bond donors (Lipinski definition) is 0. The van der Waals surface area contributed by atoms with Crippen LogP contribution in [0.2, 0.25) is 0 Å². The van der Waals surface area contributed by atoms with Crippen molar-refractivity contribution in [3.8, 4) is 0 Å². The molecule has 0 heteroatoms. The van der Waals surface area contributed by atoms with Gasteiger partial charge >= 0.3 is 0 Å². The Morgan fingerprint density at radius 2 is 1.82 bits per heavy atom. The highest BCUT2D eigenvalue weighted by molar-refractivity contribution is 5.49. The first-order valence-corrected chi connectivity index (χ1v) is 4.06. The SMILES string of the molecule is CC/C=C\c1ccc(C)cc1. The highest BCUT2D eigenvalue weighted by atomic mass is 13.9. The van der Waals surface area contributed by atoms with Crippen molar-refractivity contribution in [1.29, 1.82) is 0 Å². The molecule has 0 saturated heterocycles. The summed E-state index contributed by atoms with van der Waals surface area (Å²) < 4.78 is 0. The first-order chi connectivity index (χ1) is 5.33. The molecule has 0 spiro atoms. The Balaban J connectivity index is 2.73. The fraction of sp³-hybridized carbons (Fsp3) is 0.273. The van der Waals surface area contributed by atoms with E-state index in [9.17, 15) is 0 Å². The summed E-state index contributed by atoms with van der Waals surface area (Å²) in [6, 6.07) is 8.55. The van der Waals surface area contributed by atoms with Crippen LogP contribution in [0.1, 0.15) is 24.5 Å². The van der Waals surface area contributed by atoms with E-state index in [0.717, 1.165) is 6.42 Å². The normalized spacial score (nSPS) is 10.7. The third-order valence-electron chi connectivity index (χ3n) is 1.62. The molecule has 1 rings (SSSR count). The molecule has 11 heavy (non-hydrogen) atoms. The second kappa shape index (κ2) is 3.97. The molecule has 0 aromatic heterocycles. The van der Waals surface area contributed by atoms with Gasteiger partial charge in [-0.1, -0.05) is 48.9 Å². The number of allylic oxidation sites excluding steroid dienone is 1. The second-order valence-electron chi connectivity index (χ2n) is 2.72. The predicted molar refractivity (Wildman–Crippen MR) is 50.5 cm³/mol. The van der Waals surface area contributed by atoms with Crippen molar-refractivity contribution in [2.45, 2.75) is 20.3 Å². The van der Waals surface area contributed by atoms with Crippen LogP contribution >= 0.6 is 0 Å². The van der Waals surface area contributed by atoms with Gasteiger partial charge in [0.05, 0.1) is 0 Å². The number of aryl methyl sites for hydroxylation is 1. The fourth-order valence-electron chi connectivity index (χ4n) is 0.931. The third-order valence-corrected chi connectivity index (χ3v) is 1.62. The van der Waals surface area contributed by atoms with Crippen molar-refractivity contribution in [2.75, 3.05) is 0 Å². The van der Waals surface area contributed by atoms with Gasteiger partial charge < -0.3 is 0 Å². The van der Waals surface area contributed by atoms with Gasteiger partial charge in [0.15, 0.2) is 0 Å². The van der Waals surface area contributed by atoms with Crippen LogP contribution in [-0.4, -0.2) is 0 Å². The van der Waals surface area contributed by atoms with Crippen molar-refractivity contribution < 1.29 is 0 Å². The Morgan fingerprint density at radius 3 is 2.36 bits per heavy atom. The highest BCUT2D eigenvalue weighted by Crippen LogP contribution is 2.04. The number of benzene rings is 1. The van der Waals surface area contributed by atoms with E-state index in [0.29, 0.717) is 0 Å². The molecule has 0 atom stereocenters. The quantitative estimate of drug-likeness (QED) is 0.599. The first kappa shape index (κ1) is 8.06. The zero-order valence-corrected chi connectivity index (χ0v) is 7.17. The van der Waals surface area contributed by atoms with Gasteiger partial charge in [0.25, 0.3) is 0 Å². The van der Waals surface area contributed by atoms with Crippen molar-refractivity contribution in [1.82, 2.24) is 0 Å². The Labute approximate surface area is 68.6 Å². The minimum atomic E-state index is 1.11. The van der Waals surface area contributed by atoms with Gasteiger partial charge in [-0.25, -0.2) is 0 Å². The Hall–Kier alpha value is -1.04. The largest absolute Gasteiger partial charge is 0.0842 e. The first-order valence-electron chi connectivity index (χ1n) is 4.06. The molecule has 0 saturated carbocycles. The maximum atomic E-state index is 2.17. The fourth-order valence-corrected chi connectivity index (χ4v) is 0.931. The van der Waals surface area contributed by atoms with Crippen molar-refractivity contribution in [3.05, 3.63) is 41.5 Å². The van der Waals surface area contributed by atoms with Gasteiger partial charge in [0, 0.05) is 0 Å². The topological polar surface area (TPSA) is 0 Å². The lowest BCUT2D eigenvalue weighted by Gasteiger charge is -1.93. The van der Waals surface area contributed by atoms with E-state index in [1.807, 2.05) is 0 Å². The van der Waals surface area contributed by atoms with Crippen LogP contribution in [0.5, 0.6) is 0 Å². The van der Waals surface area contributed by atoms with E-state index < -0.39 is 0 Å². The average Bonchev–Trinajstić information content (AvgIpc) is 2.04. The Kier molecular flexibility index (Phi) is 2.91. The standard InChI is InChI=1S/C11H14/c1-3-4-5-11-8-6-10(2)7-9-11/h4-9H,3H2,1-2H3/b5-4-. The van der Waals surface area contributed by atoms with Crippen LogP contribution in [-0.2, 0) is 0 Å². The monoisotopic (exact) mass is 146 g/mol. The van der Waals surface area contributed by atoms with Gasteiger partial charge in [0.1, 0.15) is 0 Å². The Bertz CT molecular complexity index is 229. The molecule has 0 radical (unpaired) electrons. The van der Waals surface area contributed by atoms with Gasteiger partial charge in [-0.05, 0) is 18.9 Å². The molecule has 0 amide bonds. The van der Waals surface area contributed by atoms with Gasteiger partial charge in [-0.15, -0.1) is 0 Å². The van der Waals surface area contributed by atoms with Gasteiger partial charge in [0.2, 0.25) is 0 Å². The maximum Gasteiger partial charge on any atom is -0.0260 e.